The molecule has 3 unspecified atom stereocenters. The van der Waals surface area contributed by atoms with Crippen molar-refractivity contribution in [2.24, 2.45) is 17.3 Å². The second-order valence-corrected chi connectivity index (χ2v) is 10.4. The molecule has 2 aromatic heterocycles. The van der Waals surface area contributed by atoms with Crippen LogP contribution in [0.25, 0.3) is 10.2 Å². The highest BCUT2D eigenvalue weighted by molar-refractivity contribution is 7.21. The highest BCUT2D eigenvalue weighted by atomic mass is 32.1. The van der Waals surface area contributed by atoms with Crippen molar-refractivity contribution in [1.82, 2.24) is 20.0 Å². The topological polar surface area (TPSA) is 95.6 Å². The number of carbonyl (C=O) groups is 1. The number of hydrogen-bond donors (Lipinski definition) is 2. The summed E-state index contributed by atoms with van der Waals surface area (Å²) >= 11 is 1.34. The van der Waals surface area contributed by atoms with E-state index in [1.807, 2.05) is 18.7 Å². The first-order valence-corrected chi connectivity index (χ1v) is 10.6. The van der Waals surface area contributed by atoms with Crippen LogP contribution in [0.1, 0.15) is 41.7 Å². The number of nitrogens with zero attached hydrogens (tertiary/aromatic N) is 4. The van der Waals surface area contributed by atoms with Crippen molar-refractivity contribution < 1.29 is 9.90 Å². The molecule has 8 heteroatoms. The van der Waals surface area contributed by atoms with Gasteiger partial charge in [-0.25, -0.2) is 0 Å². The van der Waals surface area contributed by atoms with Gasteiger partial charge in [0.2, 0.25) is 0 Å². The predicted octanol–water partition coefficient (Wildman–Crippen LogP) is 2.26. The zero-order chi connectivity index (χ0) is 20.4. The average Bonchev–Trinajstić information content (AvgIpc) is 3.27. The number of nitrogens with two attached hydrogens (primary N) is 1. The minimum atomic E-state index is -0.453. The minimum Gasteiger partial charge on any atom is -0.397 e. The maximum atomic E-state index is 13.2. The molecule has 4 heterocycles. The Morgan fingerprint density at radius 2 is 1.79 bits per heavy atom. The Balaban J connectivity index is 1.51. The third kappa shape index (κ3) is 3.07. The number of thiophene rings is 1. The van der Waals surface area contributed by atoms with Crippen LogP contribution in [-0.2, 0) is 0 Å². The highest BCUT2D eigenvalue weighted by Gasteiger charge is 2.45. The van der Waals surface area contributed by atoms with E-state index in [-0.39, 0.29) is 11.3 Å². The summed E-state index contributed by atoms with van der Waals surface area (Å²) in [4.78, 5) is 18.6. The van der Waals surface area contributed by atoms with Crippen LogP contribution in [-0.4, -0.2) is 63.4 Å². The van der Waals surface area contributed by atoms with Crippen molar-refractivity contribution in [3.05, 3.63) is 16.1 Å². The highest BCUT2D eigenvalue weighted by Crippen LogP contribution is 2.39. The molecule has 2 aromatic rings. The normalized spacial score (nSPS) is 24.1. The number of nitrogen functional groups attached to an aromatic ring is 1. The SMILES string of the molecule is Cc1nnc2sc(C(=O)N3CC4CN(C(O)C(C)(C)C)CC4C3)c(N)c2c1C. The van der Waals surface area contributed by atoms with Crippen LogP contribution in [0.3, 0.4) is 0 Å². The standard InChI is InChI=1S/C20H29N5O2S/c1-10-11(2)22-23-17-14(10)15(21)16(28-17)18(26)24-6-12-8-25(9-13(12)7-24)19(27)20(3,4)5/h12-13,19,27H,6-9,21H2,1-5H3. The third-order valence-corrected chi connectivity index (χ3v) is 7.33. The molecule has 0 aliphatic carbocycles. The number of aliphatic hydroxyl groups is 1. The fraction of sp³-hybridized carbons (Fsp3) is 0.650. The smallest absolute Gasteiger partial charge is 0.266 e. The number of aliphatic hydroxyl groups excluding tert-OH is 1. The summed E-state index contributed by atoms with van der Waals surface area (Å²) in [7, 11) is 0. The van der Waals surface area contributed by atoms with E-state index in [1.165, 1.54) is 11.3 Å². The molecule has 152 valence electrons. The summed E-state index contributed by atoms with van der Waals surface area (Å²) in [5, 5.41) is 19.8. The lowest BCUT2D eigenvalue weighted by Gasteiger charge is -2.34. The van der Waals surface area contributed by atoms with Gasteiger partial charge in [-0.05, 0) is 31.2 Å². The summed E-state index contributed by atoms with van der Waals surface area (Å²) in [6.07, 6.45) is -0.453. The predicted molar refractivity (Wildman–Crippen MR) is 111 cm³/mol. The van der Waals surface area contributed by atoms with Crippen molar-refractivity contribution >= 4 is 33.1 Å². The van der Waals surface area contributed by atoms with Crippen LogP contribution in [0.2, 0.25) is 0 Å². The number of likely N-dealkylation sites (tertiary alicyclic amines) is 2. The van der Waals surface area contributed by atoms with Gasteiger partial charge in [0, 0.05) is 37.0 Å². The summed E-state index contributed by atoms with van der Waals surface area (Å²) in [5.41, 5.74) is 8.54. The zero-order valence-corrected chi connectivity index (χ0v) is 18.0. The molecule has 1 amide bonds. The number of anilines is 1. The maximum absolute atomic E-state index is 13.2. The number of fused-ring (bicyclic) bond motifs is 2. The molecule has 3 N–H and O–H groups in total. The first-order valence-electron chi connectivity index (χ1n) is 9.81. The molecule has 2 aliphatic rings. The fourth-order valence-corrected chi connectivity index (χ4v) is 5.55. The van der Waals surface area contributed by atoms with Gasteiger partial charge < -0.3 is 15.7 Å². The number of aromatic nitrogens is 2. The first-order chi connectivity index (χ1) is 13.1. The van der Waals surface area contributed by atoms with Crippen LogP contribution in [0.5, 0.6) is 0 Å². The van der Waals surface area contributed by atoms with Gasteiger partial charge in [0.1, 0.15) is 15.9 Å². The Hall–Kier alpha value is -1.77. The molecule has 3 atom stereocenters. The Bertz CT molecular complexity index is 921. The van der Waals surface area contributed by atoms with Crippen LogP contribution in [0, 0.1) is 31.1 Å². The number of carbonyl (C=O) groups excluding carboxylic acids is 1. The van der Waals surface area contributed by atoms with E-state index in [9.17, 15) is 9.90 Å². The van der Waals surface area contributed by atoms with Crippen LogP contribution >= 0.6 is 11.3 Å². The van der Waals surface area contributed by atoms with Crippen LogP contribution in [0.4, 0.5) is 5.69 Å². The maximum Gasteiger partial charge on any atom is 0.266 e. The van der Waals surface area contributed by atoms with E-state index in [2.05, 4.69) is 35.9 Å². The van der Waals surface area contributed by atoms with E-state index in [0.717, 1.165) is 34.6 Å². The Labute approximate surface area is 169 Å². The van der Waals surface area contributed by atoms with Crippen LogP contribution < -0.4 is 5.73 Å². The molecule has 28 heavy (non-hydrogen) atoms. The van der Waals surface area contributed by atoms with Crippen molar-refractivity contribution in [3.8, 4) is 0 Å². The van der Waals surface area contributed by atoms with Crippen molar-refractivity contribution in [2.75, 3.05) is 31.9 Å². The van der Waals surface area contributed by atoms with Crippen molar-refractivity contribution in [3.63, 3.8) is 0 Å². The molecule has 0 bridgehead atoms. The Kier molecular flexibility index (Phi) is 4.63. The Morgan fingerprint density at radius 3 is 2.36 bits per heavy atom. The van der Waals surface area contributed by atoms with E-state index in [4.69, 9.17) is 5.73 Å². The molecule has 4 rings (SSSR count). The van der Waals surface area contributed by atoms with Gasteiger partial charge >= 0.3 is 0 Å². The summed E-state index contributed by atoms with van der Waals surface area (Å²) < 4.78 is 0. The van der Waals surface area contributed by atoms with E-state index >= 15 is 0 Å². The summed E-state index contributed by atoms with van der Waals surface area (Å²) in [6, 6.07) is 0. The van der Waals surface area contributed by atoms with Gasteiger partial charge in [-0.15, -0.1) is 16.4 Å². The lowest BCUT2D eigenvalue weighted by Crippen LogP contribution is -2.44. The fourth-order valence-electron chi connectivity index (χ4n) is 4.49. The summed E-state index contributed by atoms with van der Waals surface area (Å²) in [6.45, 7) is 13.1. The molecule has 2 fully saturated rings. The number of hydrogen-bond acceptors (Lipinski definition) is 7. The van der Waals surface area contributed by atoms with Crippen molar-refractivity contribution in [1.29, 1.82) is 0 Å². The number of aryl methyl sites for hydroxylation is 2. The molecular weight excluding hydrogens is 374 g/mol. The monoisotopic (exact) mass is 403 g/mol. The Morgan fingerprint density at radius 1 is 1.18 bits per heavy atom. The average molecular weight is 404 g/mol. The molecule has 0 aromatic carbocycles. The van der Waals surface area contributed by atoms with Gasteiger partial charge in [-0.3, -0.25) is 9.69 Å². The lowest BCUT2D eigenvalue weighted by atomic mass is 9.93. The van der Waals surface area contributed by atoms with Crippen LogP contribution in [0.15, 0.2) is 0 Å². The lowest BCUT2D eigenvalue weighted by molar-refractivity contribution is -0.0630. The van der Waals surface area contributed by atoms with Gasteiger partial charge in [0.15, 0.2) is 0 Å². The molecular formula is C20H29N5O2S. The first kappa shape index (κ1) is 19.5. The second-order valence-electron chi connectivity index (χ2n) is 9.36. The number of amides is 1. The zero-order valence-electron chi connectivity index (χ0n) is 17.2. The van der Waals surface area contributed by atoms with E-state index < -0.39 is 6.23 Å². The molecule has 0 saturated carbocycles. The third-order valence-electron chi connectivity index (χ3n) is 6.25. The largest absolute Gasteiger partial charge is 0.397 e. The molecule has 7 nitrogen and oxygen atoms in total. The van der Waals surface area contributed by atoms with Gasteiger partial charge in [0.05, 0.1) is 11.4 Å². The second kappa shape index (κ2) is 6.64. The summed E-state index contributed by atoms with van der Waals surface area (Å²) in [5.74, 6) is 0.801. The van der Waals surface area contributed by atoms with Crippen molar-refractivity contribution in [2.45, 2.75) is 40.8 Å². The molecule has 2 saturated heterocycles. The van der Waals surface area contributed by atoms with E-state index in [1.54, 1.807) is 0 Å². The van der Waals surface area contributed by atoms with Gasteiger partial charge in [0.25, 0.3) is 5.91 Å². The van der Waals surface area contributed by atoms with Gasteiger partial charge in [-0.2, -0.15) is 5.10 Å². The van der Waals surface area contributed by atoms with E-state index in [0.29, 0.717) is 35.5 Å². The minimum absolute atomic E-state index is 0.00475. The molecule has 0 spiro atoms. The van der Waals surface area contributed by atoms with Gasteiger partial charge in [-0.1, -0.05) is 20.8 Å². The quantitative estimate of drug-likeness (QED) is 0.799. The molecule has 0 radical (unpaired) electrons. The number of rotatable bonds is 2. The molecule has 2 aliphatic heterocycles.